The second-order valence-electron chi connectivity index (χ2n) is 8.96. The lowest BCUT2D eigenvalue weighted by Crippen LogP contribution is -2.22. The molecule has 0 fully saturated rings. The summed E-state index contributed by atoms with van der Waals surface area (Å²) in [7, 11) is 0. The summed E-state index contributed by atoms with van der Waals surface area (Å²) in [6.45, 7) is 13.7. The lowest BCUT2D eigenvalue weighted by Gasteiger charge is -2.28. The van der Waals surface area contributed by atoms with Gasteiger partial charge in [0, 0.05) is 54.4 Å². The van der Waals surface area contributed by atoms with Gasteiger partial charge in [0.05, 0.1) is 13.2 Å². The number of rotatable bonds is 15. The first-order chi connectivity index (χ1) is 19.0. The van der Waals surface area contributed by atoms with E-state index in [0.29, 0.717) is 19.6 Å². The molecule has 0 atom stereocenters. The third-order valence-electron chi connectivity index (χ3n) is 6.43. The molecule has 3 aromatic rings. The highest BCUT2D eigenvalue weighted by molar-refractivity contribution is 5.81. The number of hydrogen-bond donors (Lipinski definition) is 0. The van der Waals surface area contributed by atoms with Crippen molar-refractivity contribution < 1.29 is 19.1 Å². The molecule has 0 aromatic heterocycles. The van der Waals surface area contributed by atoms with Gasteiger partial charge >= 0.3 is 11.9 Å². The lowest BCUT2D eigenvalue weighted by atomic mass is 10.1. The largest absolute Gasteiger partial charge is 0.463 e. The molecule has 0 aliphatic carbocycles. The summed E-state index contributed by atoms with van der Waals surface area (Å²) >= 11 is 0. The van der Waals surface area contributed by atoms with Crippen molar-refractivity contribution in [3.63, 3.8) is 0 Å². The first-order valence-electron chi connectivity index (χ1n) is 13.4. The Bertz CT molecular complexity index is 1230. The van der Waals surface area contributed by atoms with Crippen LogP contribution in [0.3, 0.4) is 0 Å². The second kappa shape index (κ2) is 15.2. The van der Waals surface area contributed by atoms with Gasteiger partial charge in [-0.1, -0.05) is 43.5 Å². The Morgan fingerprint density at radius 1 is 0.692 bits per heavy atom. The number of carbonyl (C=O) groups is 2. The van der Waals surface area contributed by atoms with Gasteiger partial charge in [-0.3, -0.25) is 0 Å². The van der Waals surface area contributed by atoms with Crippen LogP contribution in [0.25, 0.3) is 0 Å². The maximum absolute atomic E-state index is 11.3. The van der Waals surface area contributed by atoms with E-state index in [4.69, 9.17) is 9.47 Å². The Kier molecular flexibility index (Phi) is 11.4. The molecule has 0 radical (unpaired) electrons. The van der Waals surface area contributed by atoms with Crippen LogP contribution in [0.5, 0.6) is 0 Å². The molecule has 6 nitrogen and oxygen atoms in total. The molecular weight excluding hydrogens is 488 g/mol. The number of hydrogen-bond acceptors (Lipinski definition) is 6. The zero-order chi connectivity index (χ0) is 28.0. The van der Waals surface area contributed by atoms with Crippen molar-refractivity contribution in [2.45, 2.75) is 33.1 Å². The van der Waals surface area contributed by atoms with Gasteiger partial charge in [0.1, 0.15) is 0 Å². The quantitative estimate of drug-likeness (QED) is 0.122. The molecule has 0 N–H and O–H groups in total. The molecule has 204 valence electrons. The molecule has 0 amide bonds. The van der Waals surface area contributed by atoms with E-state index in [2.05, 4.69) is 110 Å². The SMILES string of the molecule is C=CC(=O)OCCCc1ccc(N(c2ccc(CCOC(=O)C=C)cc2)c2cccc(N(CC)CC)c2)cc1. The van der Waals surface area contributed by atoms with Crippen LogP contribution in [0, 0.1) is 0 Å². The lowest BCUT2D eigenvalue weighted by molar-refractivity contribution is -0.138. The molecular formula is C33H38N2O4. The second-order valence-corrected chi connectivity index (χ2v) is 8.96. The van der Waals surface area contributed by atoms with Gasteiger partial charge in [-0.25, -0.2) is 9.59 Å². The van der Waals surface area contributed by atoms with Crippen molar-refractivity contribution in [2.24, 2.45) is 0 Å². The minimum absolute atomic E-state index is 0.314. The summed E-state index contributed by atoms with van der Waals surface area (Å²) in [4.78, 5) is 27.2. The summed E-state index contributed by atoms with van der Waals surface area (Å²) in [5, 5.41) is 0. The zero-order valence-corrected chi connectivity index (χ0v) is 23.0. The summed E-state index contributed by atoms with van der Waals surface area (Å²) in [5.41, 5.74) is 6.57. The van der Waals surface area contributed by atoms with Crippen LogP contribution in [0.4, 0.5) is 22.7 Å². The number of aryl methyl sites for hydroxylation is 1. The van der Waals surface area contributed by atoms with E-state index in [1.54, 1.807) is 0 Å². The topological polar surface area (TPSA) is 59.1 Å². The van der Waals surface area contributed by atoms with Crippen molar-refractivity contribution in [1.29, 1.82) is 0 Å². The maximum atomic E-state index is 11.3. The Balaban J connectivity index is 1.85. The molecule has 6 heteroatoms. The van der Waals surface area contributed by atoms with E-state index < -0.39 is 11.9 Å². The summed E-state index contributed by atoms with van der Waals surface area (Å²) < 4.78 is 10.2. The molecule has 39 heavy (non-hydrogen) atoms. The van der Waals surface area contributed by atoms with Gasteiger partial charge < -0.3 is 19.3 Å². The van der Waals surface area contributed by atoms with Crippen molar-refractivity contribution in [1.82, 2.24) is 0 Å². The zero-order valence-electron chi connectivity index (χ0n) is 23.0. The molecule has 3 aromatic carbocycles. The van der Waals surface area contributed by atoms with Gasteiger partial charge in [-0.05, 0) is 80.3 Å². The summed E-state index contributed by atoms with van der Waals surface area (Å²) in [5.74, 6) is -0.802. The average Bonchev–Trinajstić information content (AvgIpc) is 2.97. The standard InChI is InChI=1S/C33H38N2O4/c1-5-32(36)38-23-10-11-26-14-18-28(19-15-26)35(31-13-9-12-30(25-31)34(7-3)8-4)29-20-16-27(17-21-29)22-24-39-33(37)6-2/h5-6,9,12-21,25H,1-2,7-8,10-11,22-24H2,3-4H3. The normalized spacial score (nSPS) is 10.4. The fourth-order valence-electron chi connectivity index (χ4n) is 4.32. The number of anilines is 4. The van der Waals surface area contributed by atoms with Crippen LogP contribution < -0.4 is 9.80 Å². The predicted molar refractivity (Wildman–Crippen MR) is 159 cm³/mol. The van der Waals surface area contributed by atoms with E-state index >= 15 is 0 Å². The first-order valence-corrected chi connectivity index (χ1v) is 13.4. The first kappa shape index (κ1) is 29.2. The molecule has 0 aliphatic rings. The van der Waals surface area contributed by atoms with Crippen LogP contribution in [-0.4, -0.2) is 38.2 Å². The monoisotopic (exact) mass is 526 g/mol. The van der Waals surface area contributed by atoms with E-state index in [1.807, 2.05) is 0 Å². The van der Waals surface area contributed by atoms with Gasteiger partial charge in [0.25, 0.3) is 0 Å². The van der Waals surface area contributed by atoms with Crippen LogP contribution in [-0.2, 0) is 31.9 Å². The van der Waals surface area contributed by atoms with Crippen molar-refractivity contribution >= 4 is 34.7 Å². The highest BCUT2D eigenvalue weighted by Gasteiger charge is 2.14. The third-order valence-corrected chi connectivity index (χ3v) is 6.43. The molecule has 0 saturated carbocycles. The minimum atomic E-state index is -0.410. The van der Waals surface area contributed by atoms with Crippen LogP contribution in [0.15, 0.2) is 98.1 Å². The summed E-state index contributed by atoms with van der Waals surface area (Å²) in [6, 6.07) is 25.4. The Hall–Kier alpha value is -4.32. The van der Waals surface area contributed by atoms with E-state index in [9.17, 15) is 9.59 Å². The van der Waals surface area contributed by atoms with Crippen LogP contribution >= 0.6 is 0 Å². The van der Waals surface area contributed by atoms with Crippen molar-refractivity contribution in [2.75, 3.05) is 36.1 Å². The molecule has 0 heterocycles. The Labute approximate surface area is 232 Å². The van der Waals surface area contributed by atoms with Gasteiger partial charge in [0.15, 0.2) is 0 Å². The molecule has 3 rings (SSSR count). The van der Waals surface area contributed by atoms with E-state index in [1.165, 1.54) is 23.4 Å². The number of carbonyl (C=O) groups excluding carboxylic acids is 2. The number of benzene rings is 3. The number of nitrogens with zero attached hydrogens (tertiary/aromatic N) is 2. The number of esters is 2. The van der Waals surface area contributed by atoms with E-state index in [-0.39, 0.29) is 0 Å². The Morgan fingerprint density at radius 2 is 1.21 bits per heavy atom. The highest BCUT2D eigenvalue weighted by Crippen LogP contribution is 2.36. The van der Waals surface area contributed by atoms with Crippen molar-refractivity contribution in [3.8, 4) is 0 Å². The maximum Gasteiger partial charge on any atom is 0.330 e. The van der Waals surface area contributed by atoms with E-state index in [0.717, 1.165) is 48.6 Å². The molecule has 0 saturated heterocycles. The van der Waals surface area contributed by atoms with Gasteiger partial charge in [-0.2, -0.15) is 0 Å². The van der Waals surface area contributed by atoms with Crippen LogP contribution in [0.2, 0.25) is 0 Å². The fourth-order valence-corrected chi connectivity index (χ4v) is 4.32. The Morgan fingerprint density at radius 3 is 1.74 bits per heavy atom. The van der Waals surface area contributed by atoms with Crippen LogP contribution in [0.1, 0.15) is 31.4 Å². The minimum Gasteiger partial charge on any atom is -0.463 e. The fraction of sp³-hybridized carbons (Fsp3) is 0.273. The van der Waals surface area contributed by atoms with Crippen molar-refractivity contribution in [3.05, 3.63) is 109 Å². The molecule has 0 spiro atoms. The third kappa shape index (κ3) is 8.60. The average molecular weight is 527 g/mol. The van der Waals surface area contributed by atoms with Gasteiger partial charge in [-0.15, -0.1) is 0 Å². The smallest absolute Gasteiger partial charge is 0.330 e. The predicted octanol–water partition coefficient (Wildman–Crippen LogP) is 6.94. The number of ether oxygens (including phenoxy) is 2. The van der Waals surface area contributed by atoms with Gasteiger partial charge in [0.2, 0.25) is 0 Å². The molecule has 0 bridgehead atoms. The molecule has 0 unspecified atom stereocenters. The highest BCUT2D eigenvalue weighted by atomic mass is 16.5. The summed E-state index contributed by atoms with van der Waals surface area (Å²) in [6.07, 6.45) is 4.55. The molecule has 0 aliphatic heterocycles.